The molecule has 1 aromatic heterocycles. The maximum absolute atomic E-state index is 5.69. The van der Waals surface area contributed by atoms with Crippen molar-refractivity contribution in [2.24, 2.45) is 10.7 Å². The predicted molar refractivity (Wildman–Crippen MR) is 90.5 cm³/mol. The van der Waals surface area contributed by atoms with E-state index in [2.05, 4.69) is 27.5 Å². The number of fused-ring (bicyclic) bond motifs is 2. The minimum Gasteiger partial charge on any atom is -0.494 e. The molecule has 120 valence electrons. The number of nitrogens with zero attached hydrogens (tertiary/aromatic N) is 3. The summed E-state index contributed by atoms with van der Waals surface area (Å²) in [6.07, 6.45) is 7.24. The van der Waals surface area contributed by atoms with Gasteiger partial charge < -0.3 is 15.8 Å². The van der Waals surface area contributed by atoms with E-state index < -0.39 is 0 Å². The second-order valence-electron chi connectivity index (χ2n) is 6.20. The lowest BCUT2D eigenvalue weighted by molar-refractivity contribution is 0.344. The smallest absolute Gasteiger partial charge is 0.144 e. The Bertz CT molecular complexity index is 788. The van der Waals surface area contributed by atoms with Crippen molar-refractivity contribution in [3.8, 4) is 11.4 Å². The molecule has 2 aliphatic rings. The maximum Gasteiger partial charge on any atom is 0.144 e. The summed E-state index contributed by atoms with van der Waals surface area (Å²) < 4.78 is 7.46. The van der Waals surface area contributed by atoms with Gasteiger partial charge in [0, 0.05) is 31.0 Å². The summed E-state index contributed by atoms with van der Waals surface area (Å²) >= 11 is 0. The number of amidine groups is 1. The van der Waals surface area contributed by atoms with Gasteiger partial charge in [-0.2, -0.15) is 5.10 Å². The van der Waals surface area contributed by atoms with Crippen LogP contribution in [0.2, 0.25) is 0 Å². The summed E-state index contributed by atoms with van der Waals surface area (Å²) in [4.78, 5) is 4.48. The third-order valence-corrected chi connectivity index (χ3v) is 5.09. The molecule has 0 unspecified atom stereocenters. The molecule has 1 saturated carbocycles. The Labute approximate surface area is 135 Å². The molecule has 6 nitrogen and oxygen atoms in total. The first-order valence-electron chi connectivity index (χ1n) is 7.92. The van der Waals surface area contributed by atoms with Crippen molar-refractivity contribution in [1.82, 2.24) is 9.78 Å². The number of methoxy groups -OCH3 is 1. The highest BCUT2D eigenvalue weighted by Gasteiger charge is 2.49. The third kappa shape index (κ3) is 1.91. The Kier molecular flexibility index (Phi) is 3.16. The first-order valence-corrected chi connectivity index (χ1v) is 7.92. The molecular weight excluding hydrogens is 290 g/mol. The van der Waals surface area contributed by atoms with Crippen molar-refractivity contribution in [2.45, 2.75) is 31.2 Å². The lowest BCUT2D eigenvalue weighted by Gasteiger charge is -2.38. The summed E-state index contributed by atoms with van der Waals surface area (Å²) in [5.74, 6) is 1.89. The third-order valence-electron chi connectivity index (χ3n) is 5.09. The van der Waals surface area contributed by atoms with Crippen molar-refractivity contribution >= 4 is 11.5 Å². The van der Waals surface area contributed by atoms with Gasteiger partial charge in [-0.3, -0.25) is 4.99 Å². The minimum absolute atomic E-state index is 0.0580. The van der Waals surface area contributed by atoms with Crippen LogP contribution in [0, 0.1) is 0 Å². The number of hydrogen-bond donors (Lipinski definition) is 2. The Morgan fingerprint density at radius 1 is 1.43 bits per heavy atom. The number of aliphatic imine (C=N–C) groups is 1. The molecule has 6 heteroatoms. The zero-order valence-electron chi connectivity index (χ0n) is 13.5. The zero-order valence-corrected chi connectivity index (χ0v) is 13.5. The molecule has 0 atom stereocenters. The molecule has 4 rings (SSSR count). The lowest BCUT2D eigenvalue weighted by Crippen LogP contribution is -2.41. The van der Waals surface area contributed by atoms with Crippen LogP contribution in [0.15, 0.2) is 29.5 Å². The fourth-order valence-electron chi connectivity index (χ4n) is 3.69. The molecule has 2 heterocycles. The molecule has 1 aliphatic heterocycles. The number of hydrogen-bond acceptors (Lipinski definition) is 4. The molecule has 1 aromatic carbocycles. The second-order valence-corrected chi connectivity index (χ2v) is 6.20. The van der Waals surface area contributed by atoms with Crippen molar-refractivity contribution in [1.29, 1.82) is 0 Å². The predicted octanol–water partition coefficient (Wildman–Crippen LogP) is 2.22. The van der Waals surface area contributed by atoms with Crippen LogP contribution >= 0.6 is 0 Å². The topological polar surface area (TPSA) is 77.5 Å². The van der Waals surface area contributed by atoms with E-state index in [0.29, 0.717) is 6.54 Å². The molecule has 2 aromatic rings. The van der Waals surface area contributed by atoms with Gasteiger partial charge in [-0.05, 0) is 30.5 Å². The fourth-order valence-corrected chi connectivity index (χ4v) is 3.69. The van der Waals surface area contributed by atoms with Crippen LogP contribution in [0.5, 0.6) is 5.75 Å². The number of aromatic nitrogens is 2. The van der Waals surface area contributed by atoms with Crippen molar-refractivity contribution in [3.05, 3.63) is 35.7 Å². The van der Waals surface area contributed by atoms with E-state index >= 15 is 0 Å². The van der Waals surface area contributed by atoms with Crippen molar-refractivity contribution in [2.75, 3.05) is 19.5 Å². The Balaban J connectivity index is 1.85. The monoisotopic (exact) mass is 311 g/mol. The first-order chi connectivity index (χ1) is 11.2. The van der Waals surface area contributed by atoms with E-state index in [4.69, 9.17) is 10.5 Å². The van der Waals surface area contributed by atoms with E-state index in [0.717, 1.165) is 41.4 Å². The van der Waals surface area contributed by atoms with E-state index in [1.54, 1.807) is 13.3 Å². The fraction of sp³-hybridized carbons (Fsp3) is 0.412. The van der Waals surface area contributed by atoms with Crippen LogP contribution in [0.25, 0.3) is 5.69 Å². The van der Waals surface area contributed by atoms with Crippen LogP contribution in [0.1, 0.15) is 30.4 Å². The van der Waals surface area contributed by atoms with Gasteiger partial charge in [0.15, 0.2) is 0 Å². The highest BCUT2D eigenvalue weighted by molar-refractivity contribution is 6.10. The lowest BCUT2D eigenvalue weighted by atomic mass is 9.65. The normalized spacial score (nSPS) is 19.5. The summed E-state index contributed by atoms with van der Waals surface area (Å²) in [5.41, 5.74) is 10.0. The van der Waals surface area contributed by atoms with E-state index in [1.807, 2.05) is 17.9 Å². The number of rotatable bonds is 3. The quantitative estimate of drug-likeness (QED) is 0.911. The average Bonchev–Trinajstić information content (AvgIpc) is 3.14. The van der Waals surface area contributed by atoms with E-state index in [9.17, 15) is 0 Å². The van der Waals surface area contributed by atoms with Crippen LogP contribution in [-0.2, 0) is 12.0 Å². The van der Waals surface area contributed by atoms with E-state index in [1.165, 1.54) is 12.0 Å². The van der Waals surface area contributed by atoms with Gasteiger partial charge in [0.05, 0.1) is 18.7 Å². The van der Waals surface area contributed by atoms with Gasteiger partial charge in [-0.15, -0.1) is 0 Å². The molecule has 0 amide bonds. The number of anilines is 1. The van der Waals surface area contributed by atoms with Gasteiger partial charge in [-0.1, -0.05) is 6.42 Å². The molecule has 0 bridgehead atoms. The van der Waals surface area contributed by atoms with Crippen LogP contribution in [0.3, 0.4) is 0 Å². The first kappa shape index (κ1) is 14.3. The van der Waals surface area contributed by atoms with Crippen molar-refractivity contribution < 1.29 is 4.74 Å². The largest absolute Gasteiger partial charge is 0.494 e. The Morgan fingerprint density at radius 2 is 2.26 bits per heavy atom. The molecule has 1 spiro atoms. The molecule has 23 heavy (non-hydrogen) atoms. The summed E-state index contributed by atoms with van der Waals surface area (Å²) in [6, 6.07) is 4.23. The number of nitrogens with one attached hydrogen (secondary N) is 1. The molecule has 3 N–H and O–H groups in total. The van der Waals surface area contributed by atoms with Crippen LogP contribution in [0.4, 0.5) is 5.69 Å². The Morgan fingerprint density at radius 3 is 2.83 bits per heavy atom. The second kappa shape index (κ2) is 5.09. The number of ether oxygens (including phenoxy) is 1. The molecular formula is C17H21N5O. The minimum atomic E-state index is 0.0580. The maximum atomic E-state index is 5.69. The summed E-state index contributed by atoms with van der Waals surface area (Å²) in [7, 11) is 3.55. The van der Waals surface area contributed by atoms with Crippen LogP contribution in [-0.4, -0.2) is 29.8 Å². The van der Waals surface area contributed by atoms with Crippen molar-refractivity contribution in [3.63, 3.8) is 0 Å². The molecule has 1 aliphatic carbocycles. The van der Waals surface area contributed by atoms with Gasteiger partial charge in [0.1, 0.15) is 17.3 Å². The van der Waals surface area contributed by atoms with Gasteiger partial charge in [-0.25, -0.2) is 4.68 Å². The van der Waals surface area contributed by atoms with Crippen LogP contribution < -0.4 is 15.8 Å². The highest BCUT2D eigenvalue weighted by Crippen LogP contribution is 2.53. The SMILES string of the molecule is CN=C1Nc2cc(-n3cc(CN)cn3)c(OC)cc2C12CCC2. The molecule has 0 radical (unpaired) electrons. The van der Waals surface area contributed by atoms with Gasteiger partial charge in [0.25, 0.3) is 0 Å². The number of nitrogens with two attached hydrogens (primary N) is 1. The van der Waals surface area contributed by atoms with Gasteiger partial charge in [0.2, 0.25) is 0 Å². The summed E-state index contributed by atoms with van der Waals surface area (Å²) in [5, 5.41) is 7.89. The van der Waals surface area contributed by atoms with E-state index in [-0.39, 0.29) is 5.41 Å². The highest BCUT2D eigenvalue weighted by atomic mass is 16.5. The summed E-state index contributed by atoms with van der Waals surface area (Å²) in [6.45, 7) is 0.473. The number of benzene rings is 1. The zero-order chi connectivity index (χ0) is 16.0. The standard InChI is InChI=1S/C17H21N5O/c1-19-16-17(4-3-5-17)12-6-15(23-2)14(7-13(12)21-16)22-10-11(8-18)9-20-22/h6-7,9-10H,3-5,8,18H2,1-2H3,(H,19,21). The van der Waals surface area contributed by atoms with Gasteiger partial charge >= 0.3 is 0 Å². The Hall–Kier alpha value is -2.34. The average molecular weight is 311 g/mol. The molecule has 0 saturated heterocycles. The molecule has 1 fully saturated rings.